The lowest BCUT2D eigenvalue weighted by molar-refractivity contribution is 0.0375. The molecule has 0 amide bonds. The van der Waals surface area contributed by atoms with Gasteiger partial charge in [-0.3, -0.25) is 0 Å². The van der Waals surface area contributed by atoms with Crippen LogP contribution in [0.15, 0.2) is 30.9 Å². The van der Waals surface area contributed by atoms with E-state index in [1.807, 2.05) is 33.2 Å². The Labute approximate surface area is 144 Å². The summed E-state index contributed by atoms with van der Waals surface area (Å²) < 4.78 is 5.78. The molecule has 1 saturated heterocycles. The van der Waals surface area contributed by atoms with Crippen molar-refractivity contribution in [2.24, 2.45) is 0 Å². The van der Waals surface area contributed by atoms with E-state index < -0.39 is 0 Å². The third kappa shape index (κ3) is 3.66. The number of aromatic amines is 1. The van der Waals surface area contributed by atoms with E-state index >= 15 is 0 Å². The second kappa shape index (κ2) is 6.38. The normalized spacial score (nSPS) is 16.4. The highest BCUT2D eigenvalue weighted by Gasteiger charge is 2.23. The Morgan fingerprint density at radius 2 is 2.08 bits per heavy atom. The molecule has 2 aromatic heterocycles. The molecule has 0 unspecified atom stereocenters. The number of nitrogens with one attached hydrogen (secondary N) is 2. The highest BCUT2D eigenvalue weighted by atomic mass is 16.5. The van der Waals surface area contributed by atoms with Gasteiger partial charge in [0.1, 0.15) is 11.2 Å². The predicted molar refractivity (Wildman–Crippen MR) is 99.2 cm³/mol. The van der Waals surface area contributed by atoms with E-state index in [1.165, 1.54) is 16.6 Å². The summed E-state index contributed by atoms with van der Waals surface area (Å²) in [7, 11) is 0. The molecule has 3 rings (SSSR count). The first-order valence-corrected chi connectivity index (χ1v) is 8.65. The number of piperidine rings is 1. The summed E-state index contributed by atoms with van der Waals surface area (Å²) in [5.74, 6) is 0.675. The second-order valence-corrected chi connectivity index (χ2v) is 7.57. The minimum absolute atomic E-state index is 0.209. The van der Waals surface area contributed by atoms with E-state index in [9.17, 15) is 0 Å². The molecule has 0 radical (unpaired) electrons. The van der Waals surface area contributed by atoms with Gasteiger partial charge in [-0.1, -0.05) is 0 Å². The van der Waals surface area contributed by atoms with Crippen molar-refractivity contribution in [1.82, 2.24) is 15.3 Å². The molecule has 5 heteroatoms. The third-order valence-electron chi connectivity index (χ3n) is 4.38. The fraction of sp³-hybridized carbons (Fsp3) is 0.526. The van der Waals surface area contributed by atoms with Gasteiger partial charge >= 0.3 is 0 Å². The fourth-order valence-corrected chi connectivity index (χ4v) is 3.35. The van der Waals surface area contributed by atoms with Crippen LogP contribution < -0.4 is 10.2 Å². The largest absolute Gasteiger partial charge is 0.474 e. The van der Waals surface area contributed by atoms with E-state index in [4.69, 9.17) is 4.74 Å². The summed E-state index contributed by atoms with van der Waals surface area (Å²) >= 11 is 0. The zero-order chi connectivity index (χ0) is 17.3. The van der Waals surface area contributed by atoms with E-state index in [0.29, 0.717) is 11.9 Å². The summed E-state index contributed by atoms with van der Waals surface area (Å²) in [6.45, 7) is 14.3. The highest BCUT2D eigenvalue weighted by Crippen LogP contribution is 2.30. The molecule has 0 saturated carbocycles. The van der Waals surface area contributed by atoms with Gasteiger partial charge in [0.05, 0.1) is 0 Å². The maximum absolute atomic E-state index is 5.78. The molecule has 5 nitrogen and oxygen atoms in total. The molecule has 0 aromatic carbocycles. The van der Waals surface area contributed by atoms with Gasteiger partial charge in [-0.2, -0.15) is 0 Å². The molecule has 2 aromatic rings. The maximum Gasteiger partial charge on any atom is 0.180 e. The highest BCUT2D eigenvalue weighted by molar-refractivity contribution is 5.92. The molecular formula is C19H28N4O. The van der Waals surface area contributed by atoms with Gasteiger partial charge in [0.2, 0.25) is 0 Å². The topological polar surface area (TPSA) is 53.2 Å². The molecule has 1 fully saturated rings. The molecule has 0 bridgehead atoms. The Kier molecular flexibility index (Phi) is 4.43. The number of ether oxygens (including phenoxy) is 1. The van der Waals surface area contributed by atoms with Crippen LogP contribution in [0.5, 0.6) is 0 Å². The smallest absolute Gasteiger partial charge is 0.180 e. The predicted octanol–water partition coefficient (Wildman–Crippen LogP) is 3.72. The van der Waals surface area contributed by atoms with Gasteiger partial charge in [-0.05, 0) is 58.7 Å². The average molecular weight is 328 g/mol. The van der Waals surface area contributed by atoms with Crippen LogP contribution in [0.1, 0.15) is 39.2 Å². The summed E-state index contributed by atoms with van der Waals surface area (Å²) in [5.41, 5.74) is 3.29. The third-order valence-corrected chi connectivity index (χ3v) is 4.38. The summed E-state index contributed by atoms with van der Waals surface area (Å²) in [6, 6.07) is 2.54. The number of fused-ring (bicyclic) bond motifs is 1. The first kappa shape index (κ1) is 16.7. The standard InChI is InChI=1S/C19H28N4O/c1-13-12-21-18-17(13)16(6-9-20-18)23-10-7-15(8-11-23)22-14(2)24-19(3,4)5/h6,9,12,15,22H,2,7-8,10-11H2,1,3-5H3,(H,20,21). The van der Waals surface area contributed by atoms with Crippen LogP contribution in [0.25, 0.3) is 11.0 Å². The Morgan fingerprint density at radius 3 is 2.75 bits per heavy atom. The average Bonchev–Trinajstić information content (AvgIpc) is 2.88. The zero-order valence-corrected chi connectivity index (χ0v) is 15.1. The molecule has 0 atom stereocenters. The van der Waals surface area contributed by atoms with E-state index in [2.05, 4.69) is 39.8 Å². The van der Waals surface area contributed by atoms with Crippen molar-refractivity contribution >= 4 is 16.7 Å². The summed E-state index contributed by atoms with van der Waals surface area (Å²) in [5, 5.41) is 4.67. The monoisotopic (exact) mass is 328 g/mol. The van der Waals surface area contributed by atoms with Gasteiger partial charge in [-0.15, -0.1) is 0 Å². The van der Waals surface area contributed by atoms with Crippen LogP contribution >= 0.6 is 0 Å². The number of pyridine rings is 1. The number of hydrogen-bond acceptors (Lipinski definition) is 4. The summed E-state index contributed by atoms with van der Waals surface area (Å²) in [6.07, 6.45) is 6.06. The lowest BCUT2D eigenvalue weighted by Gasteiger charge is -2.35. The molecule has 130 valence electrons. The zero-order valence-electron chi connectivity index (χ0n) is 15.1. The Morgan fingerprint density at radius 1 is 1.38 bits per heavy atom. The molecule has 0 aliphatic carbocycles. The van der Waals surface area contributed by atoms with Crippen LogP contribution in [-0.2, 0) is 4.74 Å². The lowest BCUT2D eigenvalue weighted by Crippen LogP contribution is -2.43. The minimum Gasteiger partial charge on any atom is -0.474 e. The second-order valence-electron chi connectivity index (χ2n) is 7.57. The van der Waals surface area contributed by atoms with Crippen molar-refractivity contribution in [3.63, 3.8) is 0 Å². The van der Waals surface area contributed by atoms with Crippen molar-refractivity contribution in [2.45, 2.75) is 52.2 Å². The van der Waals surface area contributed by atoms with Gasteiger partial charge < -0.3 is 19.9 Å². The SMILES string of the molecule is C=C(NC1CCN(c2ccnc3[nH]cc(C)c23)CC1)OC(C)(C)C. The molecule has 24 heavy (non-hydrogen) atoms. The summed E-state index contributed by atoms with van der Waals surface area (Å²) in [4.78, 5) is 10.1. The molecule has 1 aliphatic rings. The van der Waals surface area contributed by atoms with Crippen LogP contribution in [0.4, 0.5) is 5.69 Å². The van der Waals surface area contributed by atoms with Crippen molar-refractivity contribution in [3.8, 4) is 0 Å². The van der Waals surface area contributed by atoms with Gasteiger partial charge in [0.15, 0.2) is 5.88 Å². The molecule has 2 N–H and O–H groups in total. The van der Waals surface area contributed by atoms with Gasteiger partial charge in [-0.25, -0.2) is 4.98 Å². The molecular weight excluding hydrogens is 300 g/mol. The number of anilines is 1. The number of aryl methyl sites for hydroxylation is 1. The van der Waals surface area contributed by atoms with Gasteiger partial charge in [0, 0.05) is 42.6 Å². The van der Waals surface area contributed by atoms with Crippen LogP contribution in [-0.4, -0.2) is 34.7 Å². The Bertz CT molecular complexity index is 721. The van der Waals surface area contributed by atoms with Crippen molar-refractivity contribution in [2.75, 3.05) is 18.0 Å². The number of nitrogens with zero attached hydrogens (tertiary/aromatic N) is 2. The molecule has 3 heterocycles. The fourth-order valence-electron chi connectivity index (χ4n) is 3.35. The number of hydrogen-bond donors (Lipinski definition) is 2. The minimum atomic E-state index is -0.209. The Balaban J connectivity index is 1.63. The van der Waals surface area contributed by atoms with Crippen LogP contribution in [0.3, 0.4) is 0 Å². The molecule has 0 spiro atoms. The first-order chi connectivity index (χ1) is 11.3. The number of H-pyrrole nitrogens is 1. The number of rotatable bonds is 4. The van der Waals surface area contributed by atoms with Crippen molar-refractivity contribution in [1.29, 1.82) is 0 Å². The van der Waals surface area contributed by atoms with Crippen molar-refractivity contribution in [3.05, 3.63) is 36.5 Å². The quantitative estimate of drug-likeness (QED) is 0.840. The van der Waals surface area contributed by atoms with Gasteiger partial charge in [0.25, 0.3) is 0 Å². The van der Waals surface area contributed by atoms with Crippen molar-refractivity contribution < 1.29 is 4.74 Å². The van der Waals surface area contributed by atoms with Crippen LogP contribution in [0.2, 0.25) is 0 Å². The van der Waals surface area contributed by atoms with E-state index in [1.54, 1.807) is 0 Å². The number of aromatic nitrogens is 2. The Hall–Kier alpha value is -2.17. The first-order valence-electron chi connectivity index (χ1n) is 8.65. The lowest BCUT2D eigenvalue weighted by atomic mass is 10.0. The van der Waals surface area contributed by atoms with E-state index in [0.717, 1.165) is 31.6 Å². The molecule has 1 aliphatic heterocycles. The maximum atomic E-state index is 5.78. The van der Waals surface area contributed by atoms with E-state index in [-0.39, 0.29) is 5.60 Å². The van der Waals surface area contributed by atoms with Crippen LogP contribution in [0, 0.1) is 6.92 Å².